The van der Waals surface area contributed by atoms with E-state index in [0.29, 0.717) is 17.8 Å². The third-order valence-corrected chi connectivity index (χ3v) is 2.90. The molecule has 0 saturated carbocycles. The lowest BCUT2D eigenvalue weighted by molar-refractivity contribution is -0.118. The second-order valence-corrected chi connectivity index (χ2v) is 4.64. The van der Waals surface area contributed by atoms with Gasteiger partial charge >= 0.3 is 0 Å². The van der Waals surface area contributed by atoms with E-state index in [-0.39, 0.29) is 23.8 Å². The van der Waals surface area contributed by atoms with Crippen molar-refractivity contribution < 1.29 is 9.59 Å². The summed E-state index contributed by atoms with van der Waals surface area (Å²) in [6.07, 6.45) is 4.31. The van der Waals surface area contributed by atoms with Crippen LogP contribution in [0.4, 0.5) is 11.4 Å². The molecule has 5 nitrogen and oxygen atoms in total. The lowest BCUT2D eigenvalue weighted by Crippen LogP contribution is -2.24. The number of carbonyl (C=O) groups is 2. The van der Waals surface area contributed by atoms with Crippen LogP contribution in [0.25, 0.3) is 0 Å². The molecule has 5 heteroatoms. The van der Waals surface area contributed by atoms with Crippen molar-refractivity contribution in [3.8, 4) is 0 Å². The van der Waals surface area contributed by atoms with Gasteiger partial charge in [-0.2, -0.15) is 0 Å². The van der Waals surface area contributed by atoms with Gasteiger partial charge in [0.25, 0.3) is 0 Å². The normalized spacial score (nSPS) is 21.2. The molecule has 2 atom stereocenters. The van der Waals surface area contributed by atoms with Crippen LogP contribution in [-0.2, 0) is 9.59 Å². The van der Waals surface area contributed by atoms with Gasteiger partial charge in [0.05, 0.1) is 5.92 Å². The Morgan fingerprint density at radius 1 is 1.21 bits per heavy atom. The molecule has 1 aromatic carbocycles. The molecule has 1 aromatic rings. The number of hydrogen-bond donors (Lipinski definition) is 3. The van der Waals surface area contributed by atoms with Gasteiger partial charge in [0, 0.05) is 24.3 Å². The molecule has 100 valence electrons. The number of rotatable bonds is 3. The molecule has 0 saturated heterocycles. The van der Waals surface area contributed by atoms with E-state index in [9.17, 15) is 9.59 Å². The number of nitrogens with two attached hydrogens (primary N) is 1. The van der Waals surface area contributed by atoms with Crippen LogP contribution in [0.1, 0.15) is 13.3 Å². The molecule has 0 aromatic heterocycles. The van der Waals surface area contributed by atoms with E-state index in [1.165, 1.54) is 6.92 Å². The standard InChI is InChI=1S/C14H17N3O2/c1-9(18)16-12-3-2-4-13(8-12)17-14(19)10-5-6-11(15)7-10/h2-6,8,10-11H,7,15H2,1H3,(H,16,18)(H,17,19). The van der Waals surface area contributed by atoms with Crippen molar-refractivity contribution in [2.45, 2.75) is 19.4 Å². The van der Waals surface area contributed by atoms with Gasteiger partial charge in [0.1, 0.15) is 0 Å². The topological polar surface area (TPSA) is 84.2 Å². The molecule has 2 unspecified atom stereocenters. The first-order chi connectivity index (χ1) is 9.04. The van der Waals surface area contributed by atoms with E-state index < -0.39 is 0 Å². The molecule has 1 aliphatic rings. The Morgan fingerprint density at radius 2 is 1.89 bits per heavy atom. The van der Waals surface area contributed by atoms with E-state index in [4.69, 9.17) is 5.73 Å². The van der Waals surface area contributed by atoms with Crippen LogP contribution in [0.15, 0.2) is 36.4 Å². The second-order valence-electron chi connectivity index (χ2n) is 4.64. The monoisotopic (exact) mass is 259 g/mol. The molecule has 0 heterocycles. The summed E-state index contributed by atoms with van der Waals surface area (Å²) in [5, 5.41) is 5.49. The minimum Gasteiger partial charge on any atom is -0.326 e. The summed E-state index contributed by atoms with van der Waals surface area (Å²) >= 11 is 0. The highest BCUT2D eigenvalue weighted by atomic mass is 16.2. The van der Waals surface area contributed by atoms with Crippen LogP contribution < -0.4 is 16.4 Å². The van der Waals surface area contributed by atoms with Crippen molar-refractivity contribution in [2.75, 3.05) is 10.6 Å². The summed E-state index contributed by atoms with van der Waals surface area (Å²) < 4.78 is 0. The Balaban J connectivity index is 2.01. The first kappa shape index (κ1) is 13.3. The zero-order valence-corrected chi connectivity index (χ0v) is 10.7. The van der Waals surface area contributed by atoms with Gasteiger partial charge in [-0.05, 0) is 24.6 Å². The van der Waals surface area contributed by atoms with Gasteiger partial charge in [-0.3, -0.25) is 9.59 Å². The Bertz CT molecular complexity index is 525. The molecule has 1 aliphatic carbocycles. The number of nitrogens with one attached hydrogen (secondary N) is 2. The summed E-state index contributed by atoms with van der Waals surface area (Å²) in [6.45, 7) is 1.44. The molecular weight excluding hydrogens is 242 g/mol. The molecule has 0 radical (unpaired) electrons. The molecule has 0 spiro atoms. The maximum absolute atomic E-state index is 12.0. The SMILES string of the molecule is CC(=O)Nc1cccc(NC(=O)C2C=CC(N)C2)c1. The van der Waals surface area contributed by atoms with Gasteiger partial charge < -0.3 is 16.4 Å². The van der Waals surface area contributed by atoms with Crippen molar-refractivity contribution in [3.05, 3.63) is 36.4 Å². The zero-order valence-electron chi connectivity index (χ0n) is 10.7. The third-order valence-electron chi connectivity index (χ3n) is 2.90. The van der Waals surface area contributed by atoms with Gasteiger partial charge in [-0.25, -0.2) is 0 Å². The average Bonchev–Trinajstić information content (AvgIpc) is 2.75. The second kappa shape index (κ2) is 5.67. The first-order valence-electron chi connectivity index (χ1n) is 6.17. The van der Waals surface area contributed by atoms with Crippen LogP contribution in [0.2, 0.25) is 0 Å². The Hall–Kier alpha value is -2.14. The molecule has 19 heavy (non-hydrogen) atoms. The minimum atomic E-state index is -0.181. The number of anilines is 2. The Kier molecular flexibility index (Phi) is 3.97. The average molecular weight is 259 g/mol. The highest BCUT2D eigenvalue weighted by Gasteiger charge is 2.22. The Morgan fingerprint density at radius 3 is 2.47 bits per heavy atom. The lowest BCUT2D eigenvalue weighted by Gasteiger charge is -2.11. The number of benzene rings is 1. The fourth-order valence-electron chi connectivity index (χ4n) is 2.03. The summed E-state index contributed by atoms with van der Waals surface area (Å²) in [7, 11) is 0. The fourth-order valence-corrected chi connectivity index (χ4v) is 2.03. The van der Waals surface area contributed by atoms with Crippen LogP contribution >= 0.6 is 0 Å². The maximum Gasteiger partial charge on any atom is 0.231 e. The number of carbonyl (C=O) groups excluding carboxylic acids is 2. The van der Waals surface area contributed by atoms with Crippen molar-refractivity contribution in [1.82, 2.24) is 0 Å². The van der Waals surface area contributed by atoms with E-state index in [0.717, 1.165) is 0 Å². The highest BCUT2D eigenvalue weighted by Crippen LogP contribution is 2.20. The lowest BCUT2D eigenvalue weighted by atomic mass is 10.1. The van der Waals surface area contributed by atoms with Gasteiger partial charge in [-0.1, -0.05) is 18.2 Å². The molecule has 2 amide bonds. The predicted octanol–water partition coefficient (Wildman–Crippen LogP) is 1.49. The molecule has 2 rings (SSSR count). The largest absolute Gasteiger partial charge is 0.326 e. The molecule has 0 aliphatic heterocycles. The Labute approximate surface area is 111 Å². The molecule has 0 fully saturated rings. The van der Waals surface area contributed by atoms with Crippen molar-refractivity contribution in [1.29, 1.82) is 0 Å². The van der Waals surface area contributed by atoms with E-state index in [1.54, 1.807) is 24.3 Å². The maximum atomic E-state index is 12.0. The van der Waals surface area contributed by atoms with Gasteiger partial charge in [0.15, 0.2) is 0 Å². The molecular formula is C14H17N3O2. The smallest absolute Gasteiger partial charge is 0.231 e. The summed E-state index contributed by atoms with van der Waals surface area (Å²) in [5.74, 6) is -0.406. The van der Waals surface area contributed by atoms with Crippen molar-refractivity contribution in [2.24, 2.45) is 11.7 Å². The highest BCUT2D eigenvalue weighted by molar-refractivity contribution is 5.95. The fraction of sp³-hybridized carbons (Fsp3) is 0.286. The third kappa shape index (κ3) is 3.66. The van der Waals surface area contributed by atoms with E-state index >= 15 is 0 Å². The molecule has 4 N–H and O–H groups in total. The first-order valence-corrected chi connectivity index (χ1v) is 6.17. The van der Waals surface area contributed by atoms with Crippen molar-refractivity contribution >= 4 is 23.2 Å². The van der Waals surface area contributed by atoms with Crippen LogP contribution in [0.3, 0.4) is 0 Å². The van der Waals surface area contributed by atoms with Crippen LogP contribution in [-0.4, -0.2) is 17.9 Å². The summed E-state index contributed by atoms with van der Waals surface area (Å²) in [5.41, 5.74) is 7.03. The minimum absolute atomic E-state index is 0.0403. The predicted molar refractivity (Wildman–Crippen MR) is 74.6 cm³/mol. The molecule has 0 bridgehead atoms. The van der Waals surface area contributed by atoms with Crippen LogP contribution in [0.5, 0.6) is 0 Å². The van der Waals surface area contributed by atoms with E-state index in [1.807, 2.05) is 12.2 Å². The van der Waals surface area contributed by atoms with E-state index in [2.05, 4.69) is 10.6 Å². The van der Waals surface area contributed by atoms with Gasteiger partial charge in [-0.15, -0.1) is 0 Å². The number of hydrogen-bond acceptors (Lipinski definition) is 3. The number of amides is 2. The van der Waals surface area contributed by atoms with Gasteiger partial charge in [0.2, 0.25) is 11.8 Å². The summed E-state index contributed by atoms with van der Waals surface area (Å²) in [6, 6.07) is 7.00. The zero-order chi connectivity index (χ0) is 13.8. The van der Waals surface area contributed by atoms with Crippen LogP contribution in [0, 0.1) is 5.92 Å². The van der Waals surface area contributed by atoms with Crippen molar-refractivity contribution in [3.63, 3.8) is 0 Å². The summed E-state index contributed by atoms with van der Waals surface area (Å²) in [4.78, 5) is 23.0. The quantitative estimate of drug-likeness (QED) is 0.719.